The van der Waals surface area contributed by atoms with Gasteiger partial charge in [-0.1, -0.05) is 12.1 Å². The summed E-state index contributed by atoms with van der Waals surface area (Å²) in [6, 6.07) is 8.43. The Morgan fingerprint density at radius 1 is 1.41 bits per heavy atom. The second-order valence-corrected chi connectivity index (χ2v) is 6.72. The van der Waals surface area contributed by atoms with E-state index in [4.69, 9.17) is 4.74 Å². The van der Waals surface area contributed by atoms with Crippen LogP contribution in [0.1, 0.15) is 22.6 Å². The van der Waals surface area contributed by atoms with Gasteiger partial charge in [-0.15, -0.1) is 11.3 Å². The summed E-state index contributed by atoms with van der Waals surface area (Å²) in [6.45, 7) is 2.16. The van der Waals surface area contributed by atoms with E-state index in [1.54, 1.807) is 24.5 Å². The summed E-state index contributed by atoms with van der Waals surface area (Å²) in [5.41, 5.74) is 2.57. The van der Waals surface area contributed by atoms with E-state index in [1.165, 1.54) is 16.1 Å². The Bertz CT molecular complexity index is 664. The third kappa shape index (κ3) is 3.48. The van der Waals surface area contributed by atoms with Crippen molar-refractivity contribution in [3.8, 4) is 0 Å². The van der Waals surface area contributed by atoms with E-state index in [-0.39, 0.29) is 5.56 Å². The lowest BCUT2D eigenvalue weighted by Gasteiger charge is -2.27. The molecule has 2 aromatic rings. The summed E-state index contributed by atoms with van der Waals surface area (Å²) in [6.07, 6.45) is 3.03. The summed E-state index contributed by atoms with van der Waals surface area (Å²) in [4.78, 5) is 13.4. The molecule has 4 nitrogen and oxygen atoms in total. The Balaban J connectivity index is 1.69. The number of hydrogen-bond acceptors (Lipinski definition) is 4. The van der Waals surface area contributed by atoms with Crippen LogP contribution in [0, 0.1) is 0 Å². The topological polar surface area (TPSA) is 43.3 Å². The van der Waals surface area contributed by atoms with E-state index in [2.05, 4.69) is 22.8 Å². The summed E-state index contributed by atoms with van der Waals surface area (Å²) in [5, 5.41) is 5.75. The first-order valence-corrected chi connectivity index (χ1v) is 8.62. The molecule has 0 aromatic carbocycles. The van der Waals surface area contributed by atoms with E-state index in [0.717, 1.165) is 25.8 Å². The molecule has 1 atom stereocenters. The number of methoxy groups -OCH3 is 1. The molecule has 0 amide bonds. The molecule has 2 heterocycles. The van der Waals surface area contributed by atoms with Gasteiger partial charge in [-0.25, -0.2) is 0 Å². The van der Waals surface area contributed by atoms with Crippen LogP contribution in [0.2, 0.25) is 0 Å². The minimum Gasteiger partial charge on any atom is -0.383 e. The van der Waals surface area contributed by atoms with E-state index >= 15 is 0 Å². The zero-order valence-corrected chi connectivity index (χ0v) is 13.7. The van der Waals surface area contributed by atoms with E-state index in [9.17, 15) is 4.79 Å². The van der Waals surface area contributed by atoms with Crippen molar-refractivity contribution >= 4 is 11.3 Å². The van der Waals surface area contributed by atoms with Gasteiger partial charge in [-0.2, -0.15) is 0 Å². The normalized spacial score (nSPS) is 17.4. The predicted molar refractivity (Wildman–Crippen MR) is 89.5 cm³/mol. The second-order valence-electron chi connectivity index (χ2n) is 5.69. The number of fused-ring (bicyclic) bond motifs is 1. The van der Waals surface area contributed by atoms with Gasteiger partial charge in [0, 0.05) is 42.9 Å². The highest BCUT2D eigenvalue weighted by atomic mass is 32.1. The maximum atomic E-state index is 12.1. The number of nitrogens with zero attached hydrogens (tertiary/aromatic N) is 1. The lowest BCUT2D eigenvalue weighted by molar-refractivity contribution is 0.184. The Hall–Kier alpha value is -1.43. The lowest BCUT2D eigenvalue weighted by Crippen LogP contribution is -2.37. The molecule has 0 spiro atoms. The quantitative estimate of drug-likeness (QED) is 0.888. The standard InChI is InChI=1S/C17H22N2O2S/c1-21-9-8-19-16-6-5-14(11-13(16)4-7-17(19)20)18-12-15-3-2-10-22-15/h2-4,7,10,14,18H,5-6,8-9,11-12H2,1H3/t14-/m0/s1. The molecule has 5 heteroatoms. The van der Waals surface area contributed by atoms with E-state index in [1.807, 2.05) is 10.6 Å². The second kappa shape index (κ2) is 7.22. The van der Waals surface area contributed by atoms with Gasteiger partial charge in [0.25, 0.3) is 5.56 Å². The number of pyridine rings is 1. The van der Waals surface area contributed by atoms with Crippen molar-refractivity contribution in [1.82, 2.24) is 9.88 Å². The monoisotopic (exact) mass is 318 g/mol. The largest absolute Gasteiger partial charge is 0.383 e. The van der Waals surface area contributed by atoms with Crippen molar-refractivity contribution in [1.29, 1.82) is 0 Å². The Labute approximate surface area is 134 Å². The molecule has 2 aromatic heterocycles. The van der Waals surface area contributed by atoms with Gasteiger partial charge in [0.1, 0.15) is 0 Å². The van der Waals surface area contributed by atoms with Crippen molar-refractivity contribution in [3.63, 3.8) is 0 Å². The van der Waals surface area contributed by atoms with Gasteiger partial charge < -0.3 is 14.6 Å². The molecule has 0 radical (unpaired) electrons. The Kier molecular flexibility index (Phi) is 5.08. The molecule has 0 aliphatic heterocycles. The summed E-state index contributed by atoms with van der Waals surface area (Å²) >= 11 is 1.79. The summed E-state index contributed by atoms with van der Waals surface area (Å²) in [7, 11) is 1.67. The molecule has 1 aliphatic carbocycles. The molecule has 3 rings (SSSR count). The number of rotatable bonds is 6. The molecule has 22 heavy (non-hydrogen) atoms. The van der Waals surface area contributed by atoms with Gasteiger partial charge in [-0.05, 0) is 36.3 Å². The van der Waals surface area contributed by atoms with Gasteiger partial charge in [0.2, 0.25) is 0 Å². The van der Waals surface area contributed by atoms with Crippen LogP contribution in [0.3, 0.4) is 0 Å². The van der Waals surface area contributed by atoms with Crippen LogP contribution in [-0.2, 0) is 30.7 Å². The predicted octanol–water partition coefficient (Wildman–Crippen LogP) is 2.20. The SMILES string of the molecule is COCCn1c2c(ccc1=O)C[C@@H](NCc1cccs1)CC2. The fraction of sp³-hybridized carbons (Fsp3) is 0.471. The fourth-order valence-corrected chi connectivity index (χ4v) is 3.74. The number of thiophene rings is 1. The van der Waals surface area contributed by atoms with Gasteiger partial charge >= 0.3 is 0 Å². The highest BCUT2D eigenvalue weighted by Crippen LogP contribution is 2.21. The molecule has 0 unspecified atom stereocenters. The molecule has 0 bridgehead atoms. The molecule has 0 saturated heterocycles. The van der Waals surface area contributed by atoms with Crippen LogP contribution in [-0.4, -0.2) is 24.3 Å². The van der Waals surface area contributed by atoms with Crippen LogP contribution < -0.4 is 10.9 Å². The first kappa shape index (κ1) is 15.5. The van der Waals surface area contributed by atoms with Crippen LogP contribution in [0.5, 0.6) is 0 Å². The molecule has 0 fully saturated rings. The molecule has 0 saturated carbocycles. The average Bonchev–Trinajstić information content (AvgIpc) is 3.05. The van der Waals surface area contributed by atoms with Crippen LogP contribution in [0.25, 0.3) is 0 Å². The van der Waals surface area contributed by atoms with Crippen molar-refractivity contribution < 1.29 is 4.74 Å². The summed E-state index contributed by atoms with van der Waals surface area (Å²) in [5.74, 6) is 0. The van der Waals surface area contributed by atoms with Crippen molar-refractivity contribution in [2.24, 2.45) is 0 Å². The molecule has 1 aliphatic rings. The third-order valence-corrected chi connectivity index (χ3v) is 5.13. The van der Waals surface area contributed by atoms with Gasteiger partial charge in [0.05, 0.1) is 6.61 Å². The Morgan fingerprint density at radius 2 is 2.32 bits per heavy atom. The van der Waals surface area contributed by atoms with Gasteiger partial charge in [-0.3, -0.25) is 4.79 Å². The highest BCUT2D eigenvalue weighted by molar-refractivity contribution is 7.09. The van der Waals surface area contributed by atoms with Crippen LogP contribution in [0.15, 0.2) is 34.4 Å². The first-order chi connectivity index (χ1) is 10.8. The van der Waals surface area contributed by atoms with E-state index in [0.29, 0.717) is 19.2 Å². The van der Waals surface area contributed by atoms with Crippen molar-refractivity contribution in [2.75, 3.05) is 13.7 Å². The molecule has 1 N–H and O–H groups in total. The molecular formula is C17H22N2O2S. The average molecular weight is 318 g/mol. The van der Waals surface area contributed by atoms with Gasteiger partial charge in [0.15, 0.2) is 0 Å². The minimum atomic E-state index is 0.0841. The van der Waals surface area contributed by atoms with E-state index < -0.39 is 0 Å². The van der Waals surface area contributed by atoms with Crippen molar-refractivity contribution in [3.05, 3.63) is 56.1 Å². The zero-order valence-electron chi connectivity index (χ0n) is 12.9. The number of nitrogens with one attached hydrogen (secondary N) is 1. The maximum Gasteiger partial charge on any atom is 0.250 e. The van der Waals surface area contributed by atoms with Crippen LogP contribution >= 0.6 is 11.3 Å². The molecular weight excluding hydrogens is 296 g/mol. The minimum absolute atomic E-state index is 0.0841. The number of hydrogen-bond donors (Lipinski definition) is 1. The smallest absolute Gasteiger partial charge is 0.250 e. The highest BCUT2D eigenvalue weighted by Gasteiger charge is 2.21. The zero-order chi connectivity index (χ0) is 15.4. The third-order valence-electron chi connectivity index (χ3n) is 4.25. The van der Waals surface area contributed by atoms with Crippen LogP contribution in [0.4, 0.5) is 0 Å². The number of aromatic nitrogens is 1. The lowest BCUT2D eigenvalue weighted by atomic mass is 9.91. The van der Waals surface area contributed by atoms with Crippen molar-refractivity contribution in [2.45, 2.75) is 38.4 Å². The fourth-order valence-electron chi connectivity index (χ4n) is 3.08. The summed E-state index contributed by atoms with van der Waals surface area (Å²) < 4.78 is 7.01. The Morgan fingerprint density at radius 3 is 3.09 bits per heavy atom. The molecule has 118 valence electrons. The maximum absolute atomic E-state index is 12.1. The first-order valence-electron chi connectivity index (χ1n) is 7.74. The number of ether oxygens (including phenoxy) is 1.